The van der Waals surface area contributed by atoms with Gasteiger partial charge in [-0.15, -0.1) is 0 Å². The molecule has 0 spiro atoms. The van der Waals surface area contributed by atoms with E-state index in [2.05, 4.69) is 36.6 Å². The SMILES string of the molecule is C[C@]12CCC(=O)C=C1NCC1C2CC[C@@]2(C)C1CC[C@@H]2C(=O)NCc1ccccc1. The van der Waals surface area contributed by atoms with Crippen LogP contribution in [0.2, 0.25) is 0 Å². The van der Waals surface area contributed by atoms with Gasteiger partial charge in [0.15, 0.2) is 5.78 Å². The highest BCUT2D eigenvalue weighted by atomic mass is 16.2. The second-order valence-corrected chi connectivity index (χ2v) is 10.6. The lowest BCUT2D eigenvalue weighted by molar-refractivity contribution is -0.132. The molecule has 1 amide bonds. The summed E-state index contributed by atoms with van der Waals surface area (Å²) in [5, 5.41) is 6.88. The zero-order chi connectivity index (χ0) is 20.9. The number of hydrogen-bond acceptors (Lipinski definition) is 3. The van der Waals surface area contributed by atoms with Crippen molar-refractivity contribution >= 4 is 11.7 Å². The Morgan fingerprint density at radius 2 is 1.90 bits per heavy atom. The molecule has 4 nitrogen and oxygen atoms in total. The molecule has 1 saturated heterocycles. The Balaban J connectivity index is 1.32. The van der Waals surface area contributed by atoms with Crippen molar-refractivity contribution in [3.05, 3.63) is 47.7 Å². The number of carbonyl (C=O) groups excluding carboxylic acids is 2. The molecule has 30 heavy (non-hydrogen) atoms. The molecule has 0 aromatic heterocycles. The second-order valence-electron chi connectivity index (χ2n) is 10.6. The van der Waals surface area contributed by atoms with Crippen LogP contribution in [0, 0.1) is 34.5 Å². The maximum atomic E-state index is 13.2. The quantitative estimate of drug-likeness (QED) is 0.790. The van der Waals surface area contributed by atoms with Crippen molar-refractivity contribution in [1.29, 1.82) is 0 Å². The summed E-state index contributed by atoms with van der Waals surface area (Å²) in [6, 6.07) is 10.2. The molecule has 1 aromatic carbocycles. The minimum Gasteiger partial charge on any atom is -0.387 e. The fraction of sp³-hybridized carbons (Fsp3) is 0.615. The van der Waals surface area contributed by atoms with Gasteiger partial charge in [0, 0.05) is 42.6 Å². The second kappa shape index (κ2) is 7.25. The van der Waals surface area contributed by atoms with E-state index in [0.29, 0.717) is 30.7 Å². The maximum Gasteiger partial charge on any atom is 0.223 e. The molecular weight excluding hydrogens is 372 g/mol. The van der Waals surface area contributed by atoms with Crippen LogP contribution in [0.4, 0.5) is 0 Å². The summed E-state index contributed by atoms with van der Waals surface area (Å²) < 4.78 is 0. The summed E-state index contributed by atoms with van der Waals surface area (Å²) in [6.45, 7) is 6.32. The number of hydrogen-bond donors (Lipinski definition) is 2. The van der Waals surface area contributed by atoms with Gasteiger partial charge >= 0.3 is 0 Å². The number of allylic oxidation sites excluding steroid dienone is 2. The van der Waals surface area contributed by atoms with Crippen LogP contribution in [0.3, 0.4) is 0 Å². The molecule has 4 aliphatic rings. The van der Waals surface area contributed by atoms with E-state index in [-0.39, 0.29) is 28.4 Å². The molecule has 5 rings (SSSR count). The van der Waals surface area contributed by atoms with Gasteiger partial charge in [-0.2, -0.15) is 0 Å². The van der Waals surface area contributed by atoms with Crippen molar-refractivity contribution in [3.63, 3.8) is 0 Å². The van der Waals surface area contributed by atoms with Crippen molar-refractivity contribution in [2.24, 2.45) is 34.5 Å². The molecule has 3 fully saturated rings. The minimum absolute atomic E-state index is 0.0890. The number of piperidine rings is 1. The average molecular weight is 407 g/mol. The number of ketones is 1. The Bertz CT molecular complexity index is 878. The molecule has 4 heteroatoms. The average Bonchev–Trinajstić information content (AvgIpc) is 3.10. The van der Waals surface area contributed by atoms with Crippen molar-refractivity contribution in [2.75, 3.05) is 6.54 Å². The summed E-state index contributed by atoms with van der Waals surface area (Å²) in [4.78, 5) is 25.2. The van der Waals surface area contributed by atoms with Crippen LogP contribution in [0.1, 0.15) is 57.9 Å². The lowest BCUT2D eigenvalue weighted by atomic mass is 9.50. The number of nitrogens with one attached hydrogen (secondary N) is 2. The zero-order valence-corrected chi connectivity index (χ0v) is 18.2. The van der Waals surface area contributed by atoms with Crippen LogP contribution >= 0.6 is 0 Å². The Morgan fingerprint density at radius 1 is 1.10 bits per heavy atom. The third-order valence-corrected chi connectivity index (χ3v) is 9.22. The number of fused-ring (bicyclic) bond motifs is 5. The summed E-state index contributed by atoms with van der Waals surface area (Å²) in [6.07, 6.45) is 7.97. The van der Waals surface area contributed by atoms with Gasteiger partial charge in [0.1, 0.15) is 0 Å². The van der Waals surface area contributed by atoms with Crippen LogP contribution in [-0.2, 0) is 16.1 Å². The van der Waals surface area contributed by atoms with Crippen molar-refractivity contribution in [1.82, 2.24) is 10.6 Å². The van der Waals surface area contributed by atoms with Crippen molar-refractivity contribution in [3.8, 4) is 0 Å². The van der Waals surface area contributed by atoms with E-state index in [1.807, 2.05) is 24.3 Å². The monoisotopic (exact) mass is 406 g/mol. The Morgan fingerprint density at radius 3 is 2.70 bits per heavy atom. The van der Waals surface area contributed by atoms with Crippen LogP contribution in [0.25, 0.3) is 0 Å². The molecule has 3 unspecified atom stereocenters. The third kappa shape index (κ3) is 3.02. The topological polar surface area (TPSA) is 58.2 Å². The number of benzene rings is 1. The summed E-state index contributed by atoms with van der Waals surface area (Å²) >= 11 is 0. The lowest BCUT2D eigenvalue weighted by Gasteiger charge is -2.58. The van der Waals surface area contributed by atoms with Crippen molar-refractivity contribution in [2.45, 2.75) is 58.9 Å². The first-order chi connectivity index (χ1) is 14.4. The minimum atomic E-state index is 0.0890. The lowest BCUT2D eigenvalue weighted by Crippen LogP contribution is -2.57. The molecule has 1 heterocycles. The predicted octanol–water partition coefficient (Wildman–Crippen LogP) is 4.22. The van der Waals surface area contributed by atoms with Gasteiger partial charge in [-0.1, -0.05) is 44.2 Å². The van der Waals surface area contributed by atoms with E-state index in [9.17, 15) is 9.59 Å². The predicted molar refractivity (Wildman–Crippen MR) is 117 cm³/mol. The first-order valence-electron chi connectivity index (χ1n) is 11.7. The summed E-state index contributed by atoms with van der Waals surface area (Å²) in [5.41, 5.74) is 2.53. The Labute approximate surface area is 179 Å². The van der Waals surface area contributed by atoms with Gasteiger partial charge in [0.05, 0.1) is 0 Å². The molecule has 2 N–H and O–H groups in total. The largest absolute Gasteiger partial charge is 0.387 e. The summed E-state index contributed by atoms with van der Waals surface area (Å²) in [7, 11) is 0. The highest BCUT2D eigenvalue weighted by Crippen LogP contribution is 2.64. The van der Waals surface area contributed by atoms with Crippen molar-refractivity contribution < 1.29 is 9.59 Å². The van der Waals surface area contributed by atoms with Gasteiger partial charge in [-0.25, -0.2) is 0 Å². The number of amides is 1. The normalized spacial score (nSPS) is 39.8. The van der Waals surface area contributed by atoms with E-state index >= 15 is 0 Å². The fourth-order valence-electron chi connectivity index (χ4n) is 7.48. The van der Waals surface area contributed by atoms with Gasteiger partial charge in [-0.3, -0.25) is 9.59 Å². The third-order valence-electron chi connectivity index (χ3n) is 9.22. The van der Waals surface area contributed by atoms with Gasteiger partial charge < -0.3 is 10.6 Å². The first kappa shape index (κ1) is 19.8. The van der Waals surface area contributed by atoms with E-state index in [1.165, 1.54) is 12.1 Å². The molecule has 3 aliphatic carbocycles. The molecule has 160 valence electrons. The molecule has 1 aromatic rings. The molecule has 6 atom stereocenters. The highest BCUT2D eigenvalue weighted by Gasteiger charge is 2.60. The van der Waals surface area contributed by atoms with E-state index in [0.717, 1.165) is 37.8 Å². The van der Waals surface area contributed by atoms with Crippen LogP contribution in [0.15, 0.2) is 42.1 Å². The van der Waals surface area contributed by atoms with Gasteiger partial charge in [0.25, 0.3) is 0 Å². The van der Waals surface area contributed by atoms with Crippen LogP contribution in [0.5, 0.6) is 0 Å². The van der Waals surface area contributed by atoms with E-state index in [4.69, 9.17) is 0 Å². The smallest absolute Gasteiger partial charge is 0.223 e. The zero-order valence-electron chi connectivity index (χ0n) is 18.2. The standard InChI is InChI=1S/C26H34N2O2/c1-25-13-11-21-19(16-27-23-14-18(29)10-12-26(21,23)2)20(25)8-9-22(25)24(30)28-15-17-6-4-3-5-7-17/h3-7,14,19-22,27H,8-13,15-16H2,1-2H3,(H,28,30)/t19?,20?,21?,22-,25+,26-/m1/s1. The summed E-state index contributed by atoms with van der Waals surface area (Å²) in [5.74, 6) is 2.44. The molecule has 1 aliphatic heterocycles. The Kier molecular flexibility index (Phi) is 4.79. The van der Waals surface area contributed by atoms with E-state index < -0.39 is 0 Å². The molecule has 0 radical (unpaired) electrons. The highest BCUT2D eigenvalue weighted by molar-refractivity contribution is 5.91. The number of carbonyl (C=O) groups is 2. The molecule has 0 bridgehead atoms. The Hall–Kier alpha value is -2.10. The first-order valence-corrected chi connectivity index (χ1v) is 11.7. The van der Waals surface area contributed by atoms with Crippen LogP contribution < -0.4 is 10.6 Å². The van der Waals surface area contributed by atoms with E-state index in [1.54, 1.807) is 0 Å². The molecule has 2 saturated carbocycles. The van der Waals surface area contributed by atoms with Gasteiger partial charge in [0.2, 0.25) is 5.91 Å². The van der Waals surface area contributed by atoms with Gasteiger partial charge in [-0.05, 0) is 60.8 Å². The fourth-order valence-corrected chi connectivity index (χ4v) is 7.48. The maximum absolute atomic E-state index is 13.2. The number of rotatable bonds is 3. The van der Waals surface area contributed by atoms with Crippen LogP contribution in [-0.4, -0.2) is 18.2 Å². The molecular formula is C26H34N2O2.